The van der Waals surface area contributed by atoms with Gasteiger partial charge >= 0.3 is 0 Å². The maximum Gasteiger partial charge on any atom is 0.0839 e. The fourth-order valence-electron chi connectivity index (χ4n) is 2.86. The molecule has 1 saturated heterocycles. The van der Waals surface area contributed by atoms with Crippen molar-refractivity contribution in [1.29, 1.82) is 5.26 Å². The number of benzene rings is 1. The fourth-order valence-corrected chi connectivity index (χ4v) is 2.86. The van der Waals surface area contributed by atoms with E-state index in [-0.39, 0.29) is 5.92 Å². The lowest BCUT2D eigenvalue weighted by Crippen LogP contribution is -2.36. The first-order chi connectivity index (χ1) is 9.33. The zero-order valence-corrected chi connectivity index (χ0v) is 11.5. The zero-order chi connectivity index (χ0) is 13.5. The summed E-state index contributed by atoms with van der Waals surface area (Å²) in [6.45, 7) is 3.87. The molecule has 0 spiro atoms. The SMILES string of the molecule is N#CC(CN1CCC(CCN)CC1)c1ccccc1. The van der Waals surface area contributed by atoms with Crippen LogP contribution in [0.2, 0.25) is 0 Å². The van der Waals surface area contributed by atoms with Gasteiger partial charge in [0.15, 0.2) is 0 Å². The van der Waals surface area contributed by atoms with Crippen LogP contribution in [0.25, 0.3) is 0 Å². The molecule has 0 radical (unpaired) electrons. The van der Waals surface area contributed by atoms with E-state index in [1.54, 1.807) is 0 Å². The molecule has 2 rings (SSSR count). The van der Waals surface area contributed by atoms with Crippen molar-refractivity contribution in [2.45, 2.75) is 25.2 Å². The molecule has 1 aromatic carbocycles. The summed E-state index contributed by atoms with van der Waals surface area (Å²) < 4.78 is 0. The maximum atomic E-state index is 9.35. The Morgan fingerprint density at radius 3 is 2.53 bits per heavy atom. The van der Waals surface area contributed by atoms with Crippen LogP contribution in [0.1, 0.15) is 30.7 Å². The molecule has 0 saturated carbocycles. The molecule has 1 unspecified atom stereocenters. The van der Waals surface area contributed by atoms with E-state index in [2.05, 4.69) is 23.1 Å². The smallest absolute Gasteiger partial charge is 0.0839 e. The van der Waals surface area contributed by atoms with Gasteiger partial charge in [-0.15, -0.1) is 0 Å². The van der Waals surface area contributed by atoms with Crippen molar-refractivity contribution in [2.24, 2.45) is 11.7 Å². The number of hydrogen-bond donors (Lipinski definition) is 1. The molecule has 1 atom stereocenters. The van der Waals surface area contributed by atoms with Gasteiger partial charge in [0.25, 0.3) is 0 Å². The predicted octanol–water partition coefficient (Wildman–Crippen LogP) is 2.35. The van der Waals surface area contributed by atoms with Crippen LogP contribution in [-0.4, -0.2) is 31.1 Å². The van der Waals surface area contributed by atoms with Crippen LogP contribution >= 0.6 is 0 Å². The lowest BCUT2D eigenvalue weighted by Gasteiger charge is -2.32. The van der Waals surface area contributed by atoms with Crippen LogP contribution in [0.4, 0.5) is 0 Å². The highest BCUT2D eigenvalue weighted by Gasteiger charge is 2.21. The molecule has 1 fully saturated rings. The van der Waals surface area contributed by atoms with E-state index in [9.17, 15) is 5.26 Å². The highest BCUT2D eigenvalue weighted by molar-refractivity contribution is 5.25. The van der Waals surface area contributed by atoms with Gasteiger partial charge in [-0.25, -0.2) is 0 Å². The standard InChI is InChI=1S/C16H23N3/c17-9-6-14-7-10-19(11-8-14)13-16(12-18)15-4-2-1-3-5-15/h1-5,14,16H,6-11,13,17H2. The van der Waals surface area contributed by atoms with E-state index in [0.717, 1.165) is 44.1 Å². The van der Waals surface area contributed by atoms with E-state index in [1.165, 1.54) is 12.8 Å². The van der Waals surface area contributed by atoms with E-state index in [0.29, 0.717) is 0 Å². The first kappa shape index (κ1) is 14.0. The molecule has 1 aliphatic heterocycles. The van der Waals surface area contributed by atoms with Crippen molar-refractivity contribution in [1.82, 2.24) is 4.90 Å². The minimum absolute atomic E-state index is 0.00717. The number of nitrogens with zero attached hydrogens (tertiary/aromatic N) is 2. The average Bonchev–Trinajstić information content (AvgIpc) is 2.48. The van der Waals surface area contributed by atoms with E-state index in [4.69, 9.17) is 5.73 Å². The molecule has 3 nitrogen and oxygen atoms in total. The van der Waals surface area contributed by atoms with Gasteiger partial charge in [0.1, 0.15) is 0 Å². The predicted molar refractivity (Wildman–Crippen MR) is 77.6 cm³/mol. The Morgan fingerprint density at radius 2 is 1.95 bits per heavy atom. The zero-order valence-electron chi connectivity index (χ0n) is 11.5. The second-order valence-electron chi connectivity index (χ2n) is 5.41. The van der Waals surface area contributed by atoms with Gasteiger partial charge < -0.3 is 10.6 Å². The van der Waals surface area contributed by atoms with Gasteiger partial charge in [-0.1, -0.05) is 30.3 Å². The topological polar surface area (TPSA) is 53.0 Å². The molecular weight excluding hydrogens is 234 g/mol. The van der Waals surface area contributed by atoms with E-state index in [1.807, 2.05) is 18.2 Å². The van der Waals surface area contributed by atoms with Gasteiger partial charge in [-0.2, -0.15) is 5.26 Å². The van der Waals surface area contributed by atoms with E-state index < -0.39 is 0 Å². The summed E-state index contributed by atoms with van der Waals surface area (Å²) in [7, 11) is 0. The van der Waals surface area contributed by atoms with Crippen molar-refractivity contribution in [3.8, 4) is 6.07 Å². The molecule has 102 valence electrons. The highest BCUT2D eigenvalue weighted by Crippen LogP contribution is 2.23. The van der Waals surface area contributed by atoms with Crippen molar-refractivity contribution < 1.29 is 0 Å². The summed E-state index contributed by atoms with van der Waals surface area (Å²) >= 11 is 0. The number of rotatable bonds is 5. The molecule has 19 heavy (non-hydrogen) atoms. The Balaban J connectivity index is 1.86. The van der Waals surface area contributed by atoms with Crippen molar-refractivity contribution in [2.75, 3.05) is 26.2 Å². The van der Waals surface area contributed by atoms with Crippen LogP contribution in [0.5, 0.6) is 0 Å². The third-order valence-corrected chi connectivity index (χ3v) is 4.08. The Kier molecular flexibility index (Phi) is 5.38. The minimum Gasteiger partial charge on any atom is -0.330 e. The van der Waals surface area contributed by atoms with Crippen molar-refractivity contribution >= 4 is 0 Å². The number of piperidine rings is 1. The molecule has 0 aromatic heterocycles. The number of hydrogen-bond acceptors (Lipinski definition) is 3. The quantitative estimate of drug-likeness (QED) is 0.881. The summed E-state index contributed by atoms with van der Waals surface area (Å²) in [4.78, 5) is 2.42. The van der Waals surface area contributed by atoms with Crippen LogP contribution in [0.3, 0.4) is 0 Å². The molecule has 2 N–H and O–H groups in total. The molecule has 0 amide bonds. The van der Waals surface area contributed by atoms with Crippen LogP contribution in [-0.2, 0) is 0 Å². The fraction of sp³-hybridized carbons (Fsp3) is 0.562. The molecular formula is C16H23N3. The number of nitriles is 1. The Hall–Kier alpha value is -1.37. The van der Waals surface area contributed by atoms with Crippen LogP contribution in [0, 0.1) is 17.2 Å². The minimum atomic E-state index is -0.00717. The average molecular weight is 257 g/mol. The van der Waals surface area contributed by atoms with Gasteiger partial charge in [0.2, 0.25) is 0 Å². The third-order valence-electron chi connectivity index (χ3n) is 4.08. The molecule has 1 aromatic rings. The second kappa shape index (κ2) is 7.28. The van der Waals surface area contributed by atoms with Crippen LogP contribution < -0.4 is 5.73 Å². The summed E-state index contributed by atoms with van der Waals surface area (Å²) in [6, 6.07) is 12.6. The van der Waals surface area contributed by atoms with Gasteiger partial charge in [0.05, 0.1) is 12.0 Å². The maximum absolute atomic E-state index is 9.35. The summed E-state index contributed by atoms with van der Waals surface area (Å²) in [5, 5.41) is 9.35. The Bertz CT molecular complexity index is 402. The van der Waals surface area contributed by atoms with Gasteiger partial charge in [-0.05, 0) is 50.4 Å². The lowest BCUT2D eigenvalue weighted by molar-refractivity contribution is 0.177. The summed E-state index contributed by atoms with van der Waals surface area (Å²) in [5.41, 5.74) is 6.75. The molecule has 0 aliphatic carbocycles. The molecule has 3 heteroatoms. The summed E-state index contributed by atoms with van der Waals surface area (Å²) in [6.07, 6.45) is 3.60. The number of likely N-dealkylation sites (tertiary alicyclic amines) is 1. The molecule has 1 aliphatic rings. The van der Waals surface area contributed by atoms with Crippen molar-refractivity contribution in [3.63, 3.8) is 0 Å². The van der Waals surface area contributed by atoms with Crippen LogP contribution in [0.15, 0.2) is 30.3 Å². The highest BCUT2D eigenvalue weighted by atomic mass is 15.1. The van der Waals surface area contributed by atoms with E-state index >= 15 is 0 Å². The largest absolute Gasteiger partial charge is 0.330 e. The lowest BCUT2D eigenvalue weighted by atomic mass is 9.92. The normalized spacial score (nSPS) is 18.9. The van der Waals surface area contributed by atoms with Gasteiger partial charge in [0, 0.05) is 6.54 Å². The first-order valence-corrected chi connectivity index (χ1v) is 7.20. The Labute approximate surface area is 116 Å². The second-order valence-corrected chi connectivity index (χ2v) is 5.41. The Morgan fingerprint density at radius 1 is 1.26 bits per heavy atom. The molecule has 1 heterocycles. The van der Waals surface area contributed by atoms with Crippen molar-refractivity contribution in [3.05, 3.63) is 35.9 Å². The third kappa shape index (κ3) is 4.05. The molecule has 0 bridgehead atoms. The monoisotopic (exact) mass is 257 g/mol. The number of nitrogens with two attached hydrogens (primary N) is 1. The summed E-state index contributed by atoms with van der Waals surface area (Å²) in [5.74, 6) is 0.783. The van der Waals surface area contributed by atoms with Gasteiger partial charge in [-0.3, -0.25) is 0 Å². The first-order valence-electron chi connectivity index (χ1n) is 7.20.